The number of hydrogen-bond acceptors (Lipinski definition) is 2. The smallest absolute Gasteiger partial charge is 0.435 e. The second-order valence-corrected chi connectivity index (χ2v) is 9.00. The molecule has 3 rings (SSSR count). The third-order valence-electron chi connectivity index (χ3n) is 3.76. The molecule has 2 aromatic rings. The Morgan fingerprint density at radius 1 is 0.792 bits per heavy atom. The first kappa shape index (κ1) is 17.6. The Morgan fingerprint density at radius 2 is 1.29 bits per heavy atom. The van der Waals surface area contributed by atoms with Gasteiger partial charge in [-0.2, -0.15) is 26.3 Å². The fourth-order valence-electron chi connectivity index (χ4n) is 2.70. The van der Waals surface area contributed by atoms with Gasteiger partial charge in [-0.15, -0.1) is 0 Å². The van der Waals surface area contributed by atoms with E-state index in [1.807, 2.05) is 0 Å². The van der Waals surface area contributed by atoms with Gasteiger partial charge in [-0.1, -0.05) is 36.4 Å². The molecule has 1 heterocycles. The Bertz CT molecular complexity index is 747. The van der Waals surface area contributed by atoms with Crippen LogP contribution < -0.4 is 10.6 Å². The van der Waals surface area contributed by atoms with E-state index < -0.39 is 30.2 Å². The van der Waals surface area contributed by atoms with Gasteiger partial charge >= 0.3 is 18.0 Å². The number of hydrogen-bond donors (Lipinski definition) is 0. The molecule has 0 radical (unpaired) electrons. The van der Waals surface area contributed by atoms with Crippen LogP contribution in [0.1, 0.15) is 5.56 Å². The second kappa shape index (κ2) is 5.38. The summed E-state index contributed by atoms with van der Waals surface area (Å²) < 4.78 is 86.3. The maximum atomic E-state index is 13.6. The van der Waals surface area contributed by atoms with Crippen molar-refractivity contribution in [2.75, 3.05) is 0 Å². The third-order valence-corrected chi connectivity index (χ3v) is 7.74. The van der Waals surface area contributed by atoms with Gasteiger partial charge in [0.05, 0.1) is 12.3 Å². The zero-order chi connectivity index (χ0) is 17.8. The molecule has 128 valence electrons. The zero-order valence-electron chi connectivity index (χ0n) is 11.7. The standard InChI is InChI=1S/C15H9F6OPS/c16-14(17,18)13(15(19,20)21)11-8-4-5-9-12(11)23(24,22-13)10-6-2-1-3-7-10/h1-9H. The predicted molar refractivity (Wildman–Crippen MR) is 81.3 cm³/mol. The van der Waals surface area contributed by atoms with Gasteiger partial charge in [-0.05, 0) is 18.2 Å². The molecule has 0 spiro atoms. The van der Waals surface area contributed by atoms with Crippen molar-refractivity contribution in [3.05, 3.63) is 60.2 Å². The summed E-state index contributed by atoms with van der Waals surface area (Å²) in [5, 5.41) is -0.0799. The van der Waals surface area contributed by atoms with Crippen LogP contribution in [0.2, 0.25) is 0 Å². The van der Waals surface area contributed by atoms with E-state index in [4.69, 9.17) is 16.8 Å². The van der Waals surface area contributed by atoms with Crippen molar-refractivity contribution in [3.8, 4) is 0 Å². The highest BCUT2D eigenvalue weighted by molar-refractivity contribution is 8.46. The van der Waals surface area contributed by atoms with E-state index in [2.05, 4.69) is 0 Å². The molecule has 0 saturated carbocycles. The molecule has 0 saturated heterocycles. The van der Waals surface area contributed by atoms with Crippen LogP contribution in [0.5, 0.6) is 0 Å². The van der Waals surface area contributed by atoms with Gasteiger partial charge in [0.2, 0.25) is 0 Å². The molecule has 1 aliphatic rings. The Kier molecular flexibility index (Phi) is 3.94. The summed E-state index contributed by atoms with van der Waals surface area (Å²) in [7, 11) is 0. The monoisotopic (exact) mass is 382 g/mol. The lowest BCUT2D eigenvalue weighted by Gasteiger charge is -2.34. The van der Waals surface area contributed by atoms with Gasteiger partial charge < -0.3 is 12.2 Å². The van der Waals surface area contributed by atoms with E-state index in [1.54, 1.807) is 6.07 Å². The summed E-state index contributed by atoms with van der Waals surface area (Å²) in [6, 6.07) is 11.8. The van der Waals surface area contributed by atoms with E-state index in [1.165, 1.54) is 36.4 Å². The van der Waals surface area contributed by atoms with Gasteiger partial charge in [0.15, 0.2) is 0 Å². The Balaban J connectivity index is 2.34. The summed E-state index contributed by atoms with van der Waals surface area (Å²) in [5.41, 5.74) is -5.39. The van der Waals surface area contributed by atoms with Gasteiger partial charge in [0, 0.05) is 0 Å². The van der Waals surface area contributed by atoms with Crippen molar-refractivity contribution < 1.29 is 30.9 Å². The van der Waals surface area contributed by atoms with E-state index in [9.17, 15) is 26.3 Å². The molecule has 0 fully saturated rings. The fourth-order valence-corrected chi connectivity index (χ4v) is 6.45. The van der Waals surface area contributed by atoms with Gasteiger partial charge in [-0.3, -0.25) is 0 Å². The summed E-state index contributed by atoms with van der Waals surface area (Å²) in [4.78, 5) is 0. The average Bonchev–Trinajstić information content (AvgIpc) is 2.80. The van der Waals surface area contributed by atoms with E-state index >= 15 is 0 Å². The minimum Gasteiger partial charge on any atom is -0.514 e. The first-order chi connectivity index (χ1) is 11.0. The minimum atomic E-state index is -5.70. The molecule has 1 aliphatic heterocycles. The van der Waals surface area contributed by atoms with Crippen LogP contribution in [0.4, 0.5) is 26.3 Å². The molecule has 0 amide bonds. The molecule has 0 aliphatic carbocycles. The summed E-state index contributed by atoms with van der Waals surface area (Å²) in [6.45, 7) is -3.73. The van der Waals surface area contributed by atoms with Crippen molar-refractivity contribution in [1.29, 1.82) is 0 Å². The van der Waals surface area contributed by atoms with Crippen LogP contribution >= 0.6 is 6.69 Å². The lowest BCUT2D eigenvalue weighted by molar-refractivity contribution is -0.361. The average molecular weight is 382 g/mol. The molecule has 1 unspecified atom stereocenters. The Labute approximate surface area is 139 Å². The maximum Gasteiger partial charge on any atom is 0.435 e. The second-order valence-electron chi connectivity index (χ2n) is 5.17. The first-order valence-corrected chi connectivity index (χ1v) is 9.36. The number of halogens is 6. The molecular formula is C15H9F6OPS. The van der Waals surface area contributed by atoms with Crippen LogP contribution in [0.3, 0.4) is 0 Å². The Hall–Kier alpha value is -1.24. The molecule has 0 N–H and O–H groups in total. The van der Waals surface area contributed by atoms with E-state index in [0.29, 0.717) is 0 Å². The van der Waals surface area contributed by atoms with Gasteiger partial charge in [0.25, 0.3) is 0 Å². The maximum absolute atomic E-state index is 13.6. The third kappa shape index (κ3) is 2.27. The molecule has 0 bridgehead atoms. The molecule has 9 heteroatoms. The van der Waals surface area contributed by atoms with Crippen LogP contribution in [0.15, 0.2) is 54.6 Å². The largest absolute Gasteiger partial charge is 0.514 e. The summed E-state index contributed by atoms with van der Waals surface area (Å²) in [6.07, 6.45) is -11.4. The van der Waals surface area contributed by atoms with Gasteiger partial charge in [-0.25, -0.2) is 4.52 Å². The van der Waals surface area contributed by atoms with Crippen LogP contribution in [0.25, 0.3) is 0 Å². The number of alkyl halides is 6. The highest BCUT2D eigenvalue weighted by atomic mass is 32.7. The van der Waals surface area contributed by atoms with Crippen LogP contribution in [-0.2, 0) is 22.4 Å². The van der Waals surface area contributed by atoms with Crippen molar-refractivity contribution in [1.82, 2.24) is 0 Å². The minimum absolute atomic E-state index is 0.142. The molecule has 24 heavy (non-hydrogen) atoms. The highest BCUT2D eigenvalue weighted by Crippen LogP contribution is 2.72. The highest BCUT2D eigenvalue weighted by Gasteiger charge is 2.81. The van der Waals surface area contributed by atoms with Gasteiger partial charge in [0.1, 0.15) is 10.6 Å². The summed E-state index contributed by atoms with van der Waals surface area (Å²) >= 11 is 5.26. The van der Waals surface area contributed by atoms with Crippen molar-refractivity contribution in [3.63, 3.8) is 0 Å². The Morgan fingerprint density at radius 3 is 1.83 bits per heavy atom. The number of fused-ring (bicyclic) bond motifs is 1. The van der Waals surface area contributed by atoms with Crippen molar-refractivity contribution in [2.24, 2.45) is 0 Å². The quantitative estimate of drug-likeness (QED) is 0.411. The molecule has 1 nitrogen and oxygen atoms in total. The topological polar surface area (TPSA) is 9.23 Å². The SMILES string of the molecule is FC(F)(F)C1(C(F)(F)F)O[P+]([S-])(c2ccccc2)c2ccccc21. The number of rotatable bonds is 1. The normalized spacial score (nSPS) is 23.1. The zero-order valence-corrected chi connectivity index (χ0v) is 13.4. The molecule has 2 aromatic carbocycles. The van der Waals surface area contributed by atoms with Crippen molar-refractivity contribution in [2.45, 2.75) is 18.0 Å². The molecule has 0 aromatic heterocycles. The molecule has 1 atom stereocenters. The van der Waals surface area contributed by atoms with Crippen molar-refractivity contribution >= 4 is 29.5 Å². The van der Waals surface area contributed by atoms with E-state index in [0.717, 1.165) is 12.1 Å². The number of benzene rings is 2. The lowest BCUT2D eigenvalue weighted by Crippen LogP contribution is -2.54. The first-order valence-electron chi connectivity index (χ1n) is 6.64. The molecular weight excluding hydrogens is 373 g/mol. The van der Waals surface area contributed by atoms with Crippen LogP contribution in [0, 0.1) is 0 Å². The fraction of sp³-hybridized carbons (Fsp3) is 0.200. The predicted octanol–water partition coefficient (Wildman–Crippen LogP) is 4.38. The van der Waals surface area contributed by atoms with Crippen LogP contribution in [-0.4, -0.2) is 12.4 Å². The lowest BCUT2D eigenvalue weighted by atomic mass is 9.92. The van der Waals surface area contributed by atoms with E-state index in [-0.39, 0.29) is 10.6 Å². The summed E-state index contributed by atoms with van der Waals surface area (Å²) in [5.74, 6) is 0.